The second-order valence-corrected chi connectivity index (χ2v) is 7.15. The van der Waals surface area contributed by atoms with Gasteiger partial charge < -0.3 is 5.32 Å². The van der Waals surface area contributed by atoms with Crippen LogP contribution < -0.4 is 10.9 Å². The maximum absolute atomic E-state index is 12.9. The number of carbonyl (C=O) groups excluding carboxylic acids is 1. The number of pyridine rings is 1. The van der Waals surface area contributed by atoms with E-state index in [2.05, 4.69) is 15.4 Å². The van der Waals surface area contributed by atoms with Gasteiger partial charge in [-0.25, -0.2) is 4.68 Å². The van der Waals surface area contributed by atoms with E-state index in [0.717, 1.165) is 0 Å². The number of nitrogens with zero attached hydrogens (tertiary/aromatic N) is 4. The molecule has 0 aliphatic rings. The zero-order chi connectivity index (χ0) is 22.5. The summed E-state index contributed by atoms with van der Waals surface area (Å²) in [5, 5.41) is 19.2. The summed E-state index contributed by atoms with van der Waals surface area (Å²) < 4.78 is 1.35. The van der Waals surface area contributed by atoms with Crippen LogP contribution in [0.15, 0.2) is 77.7 Å². The largest absolute Gasteiger partial charge is 0.350 e. The molecule has 0 aliphatic heterocycles. The molecule has 9 heteroatoms. The summed E-state index contributed by atoms with van der Waals surface area (Å²) >= 11 is 0. The van der Waals surface area contributed by atoms with Gasteiger partial charge in [0.1, 0.15) is 0 Å². The third-order valence-electron chi connectivity index (χ3n) is 4.95. The van der Waals surface area contributed by atoms with Crippen LogP contribution in [0, 0.1) is 10.1 Å². The molecule has 0 fully saturated rings. The number of nitrogens with one attached hydrogen (secondary N) is 1. The maximum atomic E-state index is 12.9. The van der Waals surface area contributed by atoms with Gasteiger partial charge in [-0.05, 0) is 23.8 Å². The van der Waals surface area contributed by atoms with Crippen molar-refractivity contribution < 1.29 is 9.72 Å². The van der Waals surface area contributed by atoms with Crippen molar-refractivity contribution in [1.29, 1.82) is 0 Å². The van der Waals surface area contributed by atoms with E-state index in [-0.39, 0.29) is 36.7 Å². The summed E-state index contributed by atoms with van der Waals surface area (Å²) in [5.41, 5.74) is 1.66. The second kappa shape index (κ2) is 9.17. The molecule has 32 heavy (non-hydrogen) atoms. The molecule has 1 amide bonds. The molecule has 0 saturated heterocycles. The first kappa shape index (κ1) is 20.9. The molecule has 0 atom stereocenters. The van der Waals surface area contributed by atoms with Gasteiger partial charge in [-0.2, -0.15) is 5.10 Å². The van der Waals surface area contributed by atoms with Gasteiger partial charge in [0.05, 0.1) is 41.2 Å². The third-order valence-corrected chi connectivity index (χ3v) is 4.95. The summed E-state index contributed by atoms with van der Waals surface area (Å²) in [7, 11) is 0. The van der Waals surface area contributed by atoms with Crippen molar-refractivity contribution in [3.8, 4) is 0 Å². The SMILES string of the molecule is O=C(Cc1ccc([N+](=O)[O-])cc1)NCc1nn(Cc2ccccn2)c(=O)c2ccccc12. The third kappa shape index (κ3) is 4.67. The van der Waals surface area contributed by atoms with E-state index in [0.29, 0.717) is 27.7 Å². The van der Waals surface area contributed by atoms with E-state index in [1.54, 1.807) is 42.6 Å². The molecular weight excluding hydrogens is 410 g/mol. The standard InChI is InChI=1S/C23H19N5O4/c29-22(13-16-8-10-18(11-9-16)28(31)32)25-14-21-19-6-1-2-7-20(19)23(30)27(26-21)15-17-5-3-4-12-24-17/h1-12H,13-15H2,(H,25,29). The summed E-state index contributed by atoms with van der Waals surface area (Å²) in [6, 6.07) is 18.4. The van der Waals surface area contributed by atoms with Crippen molar-refractivity contribution >= 4 is 22.4 Å². The topological polar surface area (TPSA) is 120 Å². The minimum Gasteiger partial charge on any atom is -0.350 e. The van der Waals surface area contributed by atoms with Crippen LogP contribution in [-0.4, -0.2) is 25.6 Å². The first-order valence-corrected chi connectivity index (χ1v) is 9.90. The lowest BCUT2D eigenvalue weighted by atomic mass is 10.1. The van der Waals surface area contributed by atoms with Crippen LogP contribution in [0.5, 0.6) is 0 Å². The molecule has 0 saturated carbocycles. The van der Waals surface area contributed by atoms with Crippen molar-refractivity contribution in [3.63, 3.8) is 0 Å². The summed E-state index contributed by atoms with van der Waals surface area (Å²) in [5.74, 6) is -0.257. The van der Waals surface area contributed by atoms with Crippen molar-refractivity contribution in [2.24, 2.45) is 0 Å². The van der Waals surface area contributed by atoms with E-state index in [1.807, 2.05) is 18.2 Å². The van der Waals surface area contributed by atoms with Crippen molar-refractivity contribution in [2.45, 2.75) is 19.5 Å². The number of amides is 1. The number of hydrogen-bond donors (Lipinski definition) is 1. The zero-order valence-electron chi connectivity index (χ0n) is 17.0. The average Bonchev–Trinajstić information content (AvgIpc) is 2.81. The first-order valence-electron chi connectivity index (χ1n) is 9.90. The quantitative estimate of drug-likeness (QED) is 0.356. The maximum Gasteiger partial charge on any atom is 0.275 e. The fraction of sp³-hybridized carbons (Fsp3) is 0.130. The Hall–Kier alpha value is -4.40. The Kier molecular flexibility index (Phi) is 5.98. The minimum absolute atomic E-state index is 0.0278. The zero-order valence-corrected chi connectivity index (χ0v) is 17.0. The summed E-state index contributed by atoms with van der Waals surface area (Å²) in [6.07, 6.45) is 1.73. The average molecular weight is 429 g/mol. The van der Waals surface area contributed by atoms with Crippen LogP contribution in [0.2, 0.25) is 0 Å². The molecular formula is C23H19N5O4. The number of fused-ring (bicyclic) bond motifs is 1. The summed E-state index contributed by atoms with van der Waals surface area (Å²) in [6.45, 7) is 0.350. The number of aromatic nitrogens is 3. The Morgan fingerprint density at radius 1 is 1.00 bits per heavy atom. The highest BCUT2D eigenvalue weighted by atomic mass is 16.6. The van der Waals surface area contributed by atoms with E-state index in [1.165, 1.54) is 16.8 Å². The molecule has 1 N–H and O–H groups in total. The monoisotopic (exact) mass is 429 g/mol. The fourth-order valence-corrected chi connectivity index (χ4v) is 3.35. The van der Waals surface area contributed by atoms with Gasteiger partial charge in [-0.15, -0.1) is 0 Å². The van der Waals surface area contributed by atoms with E-state index in [9.17, 15) is 19.7 Å². The smallest absolute Gasteiger partial charge is 0.275 e. The van der Waals surface area contributed by atoms with Crippen molar-refractivity contribution in [1.82, 2.24) is 20.1 Å². The normalized spacial score (nSPS) is 10.8. The molecule has 0 bridgehead atoms. The number of nitro groups is 1. The highest BCUT2D eigenvalue weighted by Gasteiger charge is 2.13. The minimum atomic E-state index is -0.486. The Morgan fingerprint density at radius 3 is 2.41 bits per heavy atom. The molecule has 2 aromatic carbocycles. The van der Waals surface area contributed by atoms with Gasteiger partial charge in [0.15, 0.2) is 0 Å². The Bertz CT molecular complexity index is 1330. The molecule has 4 rings (SSSR count). The van der Waals surface area contributed by atoms with Crippen LogP contribution in [0.25, 0.3) is 10.8 Å². The van der Waals surface area contributed by atoms with Crippen LogP contribution in [0.1, 0.15) is 17.0 Å². The molecule has 0 aliphatic carbocycles. The van der Waals surface area contributed by atoms with Gasteiger partial charge in [-0.3, -0.25) is 24.7 Å². The predicted molar refractivity (Wildman–Crippen MR) is 118 cm³/mol. The highest BCUT2D eigenvalue weighted by Crippen LogP contribution is 2.15. The van der Waals surface area contributed by atoms with E-state index < -0.39 is 4.92 Å². The number of benzene rings is 2. The molecule has 0 unspecified atom stereocenters. The first-order chi connectivity index (χ1) is 15.5. The summed E-state index contributed by atoms with van der Waals surface area (Å²) in [4.78, 5) is 39.8. The molecule has 0 radical (unpaired) electrons. The van der Waals surface area contributed by atoms with Gasteiger partial charge in [0.25, 0.3) is 11.2 Å². The number of hydrogen-bond acceptors (Lipinski definition) is 6. The molecule has 2 heterocycles. The van der Waals surface area contributed by atoms with Gasteiger partial charge in [-0.1, -0.05) is 36.4 Å². The Labute approximate surface area is 182 Å². The second-order valence-electron chi connectivity index (χ2n) is 7.15. The van der Waals surface area contributed by atoms with Crippen LogP contribution in [-0.2, 0) is 24.3 Å². The van der Waals surface area contributed by atoms with Crippen LogP contribution >= 0.6 is 0 Å². The molecule has 9 nitrogen and oxygen atoms in total. The molecule has 4 aromatic rings. The number of carbonyl (C=O) groups is 1. The lowest BCUT2D eigenvalue weighted by Gasteiger charge is -2.12. The van der Waals surface area contributed by atoms with Gasteiger partial charge in [0.2, 0.25) is 5.91 Å². The molecule has 2 aromatic heterocycles. The fourth-order valence-electron chi connectivity index (χ4n) is 3.35. The van der Waals surface area contributed by atoms with Gasteiger partial charge >= 0.3 is 0 Å². The Morgan fingerprint density at radius 2 is 1.72 bits per heavy atom. The lowest BCUT2D eigenvalue weighted by Crippen LogP contribution is -2.29. The van der Waals surface area contributed by atoms with E-state index >= 15 is 0 Å². The predicted octanol–water partition coefficient (Wildman–Crippen LogP) is 2.61. The lowest BCUT2D eigenvalue weighted by molar-refractivity contribution is -0.384. The van der Waals surface area contributed by atoms with Crippen LogP contribution in [0.3, 0.4) is 0 Å². The van der Waals surface area contributed by atoms with Crippen molar-refractivity contribution in [3.05, 3.63) is 110 Å². The molecule has 160 valence electrons. The number of nitro benzene ring substituents is 1. The number of non-ortho nitro benzene ring substituents is 1. The molecule has 0 spiro atoms. The van der Waals surface area contributed by atoms with Crippen LogP contribution in [0.4, 0.5) is 5.69 Å². The Balaban J connectivity index is 1.54. The van der Waals surface area contributed by atoms with Crippen molar-refractivity contribution in [2.75, 3.05) is 0 Å². The number of rotatable bonds is 7. The van der Waals surface area contributed by atoms with E-state index in [4.69, 9.17) is 0 Å². The van der Waals surface area contributed by atoms with Gasteiger partial charge in [0, 0.05) is 23.7 Å². The highest BCUT2D eigenvalue weighted by molar-refractivity contribution is 5.84.